The smallest absolute Gasteiger partial charge is 0.391 e. The lowest BCUT2D eigenvalue weighted by atomic mass is 9.55. The highest BCUT2D eigenvalue weighted by Crippen LogP contribution is 2.52. The van der Waals surface area contributed by atoms with Crippen LogP contribution in [0.2, 0.25) is 0 Å². The van der Waals surface area contributed by atoms with E-state index in [2.05, 4.69) is 16.0 Å². The average Bonchev–Trinajstić information content (AvgIpc) is 2.84. The van der Waals surface area contributed by atoms with Crippen molar-refractivity contribution in [2.75, 3.05) is 19.7 Å². The van der Waals surface area contributed by atoms with E-state index in [1.165, 1.54) is 0 Å². The lowest BCUT2D eigenvalue weighted by molar-refractivity contribution is -0.179. The summed E-state index contributed by atoms with van der Waals surface area (Å²) in [5.41, 5.74) is -1.57. The van der Waals surface area contributed by atoms with Gasteiger partial charge in [-0.2, -0.15) is 13.2 Å². The fourth-order valence-electron chi connectivity index (χ4n) is 6.28. The van der Waals surface area contributed by atoms with Crippen molar-refractivity contribution in [3.63, 3.8) is 0 Å². The maximum Gasteiger partial charge on any atom is 0.393 e. The van der Waals surface area contributed by atoms with Crippen molar-refractivity contribution < 1.29 is 37.0 Å². The molecule has 36 heavy (non-hydrogen) atoms. The number of carbonyl (C=O) groups is 2. The molecule has 0 aromatic heterocycles. The predicted octanol–water partition coefficient (Wildman–Crippen LogP) is 2.73. The molecule has 2 amide bonds. The topological polar surface area (TPSA) is 99.7 Å². The number of amides is 2. The molecule has 5 unspecified atom stereocenters. The minimum Gasteiger partial charge on any atom is -0.391 e. The van der Waals surface area contributed by atoms with Gasteiger partial charge in [0.1, 0.15) is 12.8 Å². The zero-order valence-electron chi connectivity index (χ0n) is 20.2. The van der Waals surface area contributed by atoms with Crippen molar-refractivity contribution in [2.45, 2.75) is 106 Å². The van der Waals surface area contributed by atoms with E-state index >= 15 is 0 Å². The second-order valence-electron chi connectivity index (χ2n) is 11.1. The molecule has 5 fully saturated rings. The number of ether oxygens (including phenoxy) is 1. The van der Waals surface area contributed by atoms with E-state index < -0.39 is 40.7 Å². The van der Waals surface area contributed by atoms with Crippen LogP contribution in [-0.2, 0) is 14.3 Å². The van der Waals surface area contributed by atoms with E-state index in [-0.39, 0.29) is 62.9 Å². The van der Waals surface area contributed by atoms with Crippen LogP contribution in [0.15, 0.2) is 0 Å². The molecule has 5 aliphatic rings. The molecule has 12 heteroatoms. The molecule has 4 saturated carbocycles. The highest BCUT2D eigenvalue weighted by molar-refractivity contribution is 6.21. The van der Waals surface area contributed by atoms with Gasteiger partial charge in [0.25, 0.3) is 0 Å². The van der Waals surface area contributed by atoms with Crippen LogP contribution in [0.1, 0.15) is 64.2 Å². The fourth-order valence-corrected chi connectivity index (χ4v) is 6.51. The van der Waals surface area contributed by atoms with Crippen molar-refractivity contribution in [3.05, 3.63) is 0 Å². The Morgan fingerprint density at radius 3 is 2.42 bits per heavy atom. The third-order valence-electron chi connectivity index (χ3n) is 8.77. The van der Waals surface area contributed by atoms with E-state index in [4.69, 9.17) is 16.3 Å². The van der Waals surface area contributed by atoms with Crippen LogP contribution < -0.4 is 16.0 Å². The summed E-state index contributed by atoms with van der Waals surface area (Å²) in [7, 11) is 0. The third-order valence-corrected chi connectivity index (χ3v) is 9.27. The SMILES string of the molecule is O=C(COC1CCC(Cl)C(F)C1)NC12CCC(C(=O)NCC3CCC(C(F)(F)F)CN3)(CC1)C[C@@H]2O. The summed E-state index contributed by atoms with van der Waals surface area (Å²) in [5.74, 6) is -1.93. The van der Waals surface area contributed by atoms with Crippen molar-refractivity contribution in [2.24, 2.45) is 11.3 Å². The molecule has 4 N–H and O–H groups in total. The van der Waals surface area contributed by atoms with Crippen LogP contribution in [-0.4, -0.2) is 78.1 Å². The monoisotopic (exact) mass is 541 g/mol. The number of hydrogen-bond donors (Lipinski definition) is 4. The van der Waals surface area contributed by atoms with E-state index in [0.717, 1.165) is 0 Å². The number of nitrogens with one attached hydrogen (secondary N) is 3. The van der Waals surface area contributed by atoms with Gasteiger partial charge in [-0.3, -0.25) is 9.59 Å². The van der Waals surface area contributed by atoms with Gasteiger partial charge in [0.15, 0.2) is 0 Å². The maximum atomic E-state index is 13.8. The third kappa shape index (κ3) is 6.10. The lowest BCUT2D eigenvalue weighted by Crippen LogP contribution is -2.67. The standard InChI is InChI=1S/C24H36ClF4N3O4/c25-17-4-3-16(9-18(17)26)36-13-20(34)32-23-7-5-22(6-8-23,10-19(23)33)21(35)31-12-15-2-1-14(11-30-15)24(27,28)29/h14-19,30,33H,1-13H2,(H,31,35)(H,32,34)/t14?,15?,16?,17?,18?,19-,22?,23?/m0/s1. The molecule has 0 radical (unpaired) electrons. The average molecular weight is 542 g/mol. The van der Waals surface area contributed by atoms with Crippen molar-refractivity contribution in [3.8, 4) is 0 Å². The predicted molar refractivity (Wildman–Crippen MR) is 124 cm³/mol. The Morgan fingerprint density at radius 1 is 1.11 bits per heavy atom. The molecule has 1 heterocycles. The molecule has 2 bridgehead atoms. The molecule has 4 aliphatic carbocycles. The zero-order chi connectivity index (χ0) is 26.1. The van der Waals surface area contributed by atoms with Gasteiger partial charge in [-0.15, -0.1) is 11.6 Å². The summed E-state index contributed by atoms with van der Waals surface area (Å²) in [5, 5.41) is 19.1. The Hall–Kier alpha value is -1.17. The molecule has 1 aliphatic heterocycles. The van der Waals surface area contributed by atoms with Crippen LogP contribution in [0, 0.1) is 11.3 Å². The van der Waals surface area contributed by atoms with Gasteiger partial charge < -0.3 is 25.8 Å². The number of carbonyl (C=O) groups excluding carboxylic acids is 2. The van der Waals surface area contributed by atoms with Crippen molar-refractivity contribution >= 4 is 23.4 Å². The number of rotatable bonds is 7. The molecule has 206 valence electrons. The zero-order valence-corrected chi connectivity index (χ0v) is 21.0. The van der Waals surface area contributed by atoms with E-state index in [1.807, 2.05) is 0 Å². The summed E-state index contributed by atoms with van der Waals surface area (Å²) in [6.45, 7) is -0.137. The second-order valence-corrected chi connectivity index (χ2v) is 11.7. The van der Waals surface area contributed by atoms with Crippen LogP contribution in [0.3, 0.4) is 0 Å². The van der Waals surface area contributed by atoms with Crippen LogP contribution in [0.4, 0.5) is 17.6 Å². The minimum atomic E-state index is -4.21. The number of piperidine rings is 1. The Morgan fingerprint density at radius 2 is 1.83 bits per heavy atom. The number of aliphatic hydroxyl groups excluding tert-OH is 1. The Labute approximate surface area is 213 Å². The molecule has 0 aromatic carbocycles. The lowest BCUT2D eigenvalue weighted by Gasteiger charge is -2.55. The van der Waals surface area contributed by atoms with Gasteiger partial charge in [0, 0.05) is 25.6 Å². The van der Waals surface area contributed by atoms with E-state index in [0.29, 0.717) is 44.9 Å². The second kappa shape index (κ2) is 10.9. The summed E-state index contributed by atoms with van der Waals surface area (Å²) < 4.78 is 57.9. The summed E-state index contributed by atoms with van der Waals surface area (Å²) in [6, 6.07) is -0.216. The van der Waals surface area contributed by atoms with Crippen LogP contribution in [0.25, 0.3) is 0 Å². The minimum absolute atomic E-state index is 0.0369. The first-order valence-electron chi connectivity index (χ1n) is 12.9. The normalized spacial score (nSPS) is 41.1. The van der Waals surface area contributed by atoms with Gasteiger partial charge in [0.2, 0.25) is 11.8 Å². The molecule has 0 aromatic rings. The van der Waals surface area contributed by atoms with Gasteiger partial charge in [-0.25, -0.2) is 4.39 Å². The fraction of sp³-hybridized carbons (Fsp3) is 0.917. The highest BCUT2D eigenvalue weighted by Gasteiger charge is 2.57. The number of alkyl halides is 5. The Kier molecular flexibility index (Phi) is 8.44. The molecule has 6 atom stereocenters. The number of halogens is 5. The van der Waals surface area contributed by atoms with Crippen molar-refractivity contribution in [1.29, 1.82) is 0 Å². The number of hydrogen-bond acceptors (Lipinski definition) is 5. The van der Waals surface area contributed by atoms with Crippen LogP contribution >= 0.6 is 11.6 Å². The number of aliphatic hydroxyl groups is 1. The first kappa shape index (κ1) is 27.9. The Balaban J connectivity index is 1.22. The van der Waals surface area contributed by atoms with Crippen molar-refractivity contribution in [1.82, 2.24) is 16.0 Å². The first-order chi connectivity index (χ1) is 16.9. The summed E-state index contributed by atoms with van der Waals surface area (Å²) in [4.78, 5) is 25.6. The van der Waals surface area contributed by atoms with E-state index in [1.54, 1.807) is 0 Å². The maximum absolute atomic E-state index is 13.8. The molecular weight excluding hydrogens is 506 g/mol. The summed E-state index contributed by atoms with van der Waals surface area (Å²) in [6.07, 6.45) is -2.96. The Bertz CT molecular complexity index is 801. The van der Waals surface area contributed by atoms with Gasteiger partial charge >= 0.3 is 6.18 Å². The van der Waals surface area contributed by atoms with Gasteiger partial charge in [-0.1, -0.05) is 0 Å². The molecule has 1 saturated heterocycles. The van der Waals surface area contributed by atoms with E-state index in [9.17, 15) is 32.3 Å². The largest absolute Gasteiger partial charge is 0.393 e. The molecule has 5 rings (SSSR count). The summed E-state index contributed by atoms with van der Waals surface area (Å²) >= 11 is 5.89. The number of fused-ring (bicyclic) bond motifs is 3. The molecular formula is C24H36ClF4N3O4. The van der Waals surface area contributed by atoms with Crippen LogP contribution in [0.5, 0.6) is 0 Å². The van der Waals surface area contributed by atoms with Gasteiger partial charge in [0.05, 0.1) is 34.5 Å². The first-order valence-corrected chi connectivity index (χ1v) is 13.3. The molecule has 7 nitrogen and oxygen atoms in total. The quantitative estimate of drug-likeness (QED) is 0.293. The highest BCUT2D eigenvalue weighted by atomic mass is 35.5. The van der Waals surface area contributed by atoms with Gasteiger partial charge in [-0.05, 0) is 57.8 Å². The molecule has 0 spiro atoms.